The van der Waals surface area contributed by atoms with E-state index < -0.39 is 11.9 Å². The van der Waals surface area contributed by atoms with Crippen molar-refractivity contribution in [1.29, 1.82) is 0 Å². The lowest BCUT2D eigenvalue weighted by molar-refractivity contribution is -0.143. The molecular weight excluding hydrogens is 218 g/mol. The van der Waals surface area contributed by atoms with E-state index in [9.17, 15) is 9.59 Å². The van der Waals surface area contributed by atoms with Gasteiger partial charge in [-0.15, -0.1) is 0 Å². The molecule has 1 N–H and O–H groups in total. The number of rotatable bonds is 3. The summed E-state index contributed by atoms with van der Waals surface area (Å²) >= 11 is 0. The average molecular weight is 239 g/mol. The molecule has 1 aliphatic heterocycles. The minimum atomic E-state index is -0.795. The molecule has 0 aromatic rings. The zero-order valence-corrected chi connectivity index (χ0v) is 10.9. The molecule has 0 unspecified atom stereocenters. The Bertz CT molecular complexity index is 343. The van der Waals surface area contributed by atoms with Crippen molar-refractivity contribution in [3.05, 3.63) is 11.6 Å². The quantitative estimate of drug-likeness (QED) is 0.764. The van der Waals surface area contributed by atoms with Gasteiger partial charge in [0.1, 0.15) is 0 Å². The topological polar surface area (TPSA) is 57.6 Å². The first-order valence-electron chi connectivity index (χ1n) is 5.99. The normalized spacial score (nSPS) is 23.9. The Balaban J connectivity index is 2.79. The smallest absolute Gasteiger partial charge is 0.308 e. The molecule has 1 aliphatic rings. The molecule has 1 amide bonds. The van der Waals surface area contributed by atoms with Gasteiger partial charge in [0.25, 0.3) is 0 Å². The third-order valence-electron chi connectivity index (χ3n) is 3.26. The Labute approximate surface area is 102 Å². The summed E-state index contributed by atoms with van der Waals surface area (Å²) in [6.07, 6.45) is 1.57. The highest BCUT2D eigenvalue weighted by Crippen LogP contribution is 2.30. The molecule has 4 nitrogen and oxygen atoms in total. The van der Waals surface area contributed by atoms with Gasteiger partial charge in [-0.25, -0.2) is 0 Å². The lowest BCUT2D eigenvalue weighted by Crippen LogP contribution is -2.28. The summed E-state index contributed by atoms with van der Waals surface area (Å²) in [4.78, 5) is 24.7. The zero-order valence-electron chi connectivity index (χ0n) is 10.9. The Morgan fingerprint density at radius 3 is 2.24 bits per heavy atom. The SMILES string of the molecule is CC(C)=CC(=O)N1C[C@@H](C(=O)O)[C@H](C(C)C)C1. The van der Waals surface area contributed by atoms with Crippen LogP contribution in [0.5, 0.6) is 0 Å². The number of likely N-dealkylation sites (tertiary alicyclic amines) is 1. The molecule has 0 aromatic heterocycles. The molecular formula is C13H21NO3. The van der Waals surface area contributed by atoms with Crippen LogP contribution in [-0.4, -0.2) is 35.0 Å². The second kappa shape index (κ2) is 5.34. The number of carbonyl (C=O) groups excluding carboxylic acids is 1. The first-order valence-corrected chi connectivity index (χ1v) is 5.99. The molecule has 1 heterocycles. The van der Waals surface area contributed by atoms with Crippen LogP contribution in [0, 0.1) is 17.8 Å². The molecule has 0 aromatic carbocycles. The Morgan fingerprint density at radius 1 is 1.29 bits per heavy atom. The van der Waals surface area contributed by atoms with Crippen LogP contribution >= 0.6 is 0 Å². The molecule has 96 valence electrons. The van der Waals surface area contributed by atoms with Gasteiger partial charge in [-0.2, -0.15) is 0 Å². The monoisotopic (exact) mass is 239 g/mol. The molecule has 4 heteroatoms. The fourth-order valence-electron chi connectivity index (χ4n) is 2.28. The first kappa shape index (κ1) is 13.7. The van der Waals surface area contributed by atoms with E-state index in [1.165, 1.54) is 0 Å². The molecule has 0 aliphatic carbocycles. The number of carboxylic acid groups (broad SMARTS) is 1. The summed E-state index contributed by atoms with van der Waals surface area (Å²) in [5.41, 5.74) is 0.940. The molecule has 1 saturated heterocycles. The fraction of sp³-hybridized carbons (Fsp3) is 0.692. The van der Waals surface area contributed by atoms with Gasteiger partial charge in [0.05, 0.1) is 5.92 Å². The summed E-state index contributed by atoms with van der Waals surface area (Å²) in [5, 5.41) is 9.16. The Kier molecular flexibility index (Phi) is 4.32. The Hall–Kier alpha value is -1.32. The summed E-state index contributed by atoms with van der Waals surface area (Å²) in [6.45, 7) is 8.63. The van der Waals surface area contributed by atoms with Gasteiger partial charge < -0.3 is 10.0 Å². The lowest BCUT2D eigenvalue weighted by atomic mass is 9.86. The molecule has 1 rings (SSSR count). The van der Waals surface area contributed by atoms with Crippen molar-refractivity contribution in [3.8, 4) is 0 Å². The highest BCUT2D eigenvalue weighted by Gasteiger charge is 2.40. The average Bonchev–Trinajstić information content (AvgIpc) is 2.60. The maximum atomic E-state index is 11.8. The van der Waals surface area contributed by atoms with E-state index in [1.807, 2.05) is 27.7 Å². The van der Waals surface area contributed by atoms with E-state index in [2.05, 4.69) is 0 Å². The van der Waals surface area contributed by atoms with Gasteiger partial charge >= 0.3 is 5.97 Å². The van der Waals surface area contributed by atoms with Crippen molar-refractivity contribution >= 4 is 11.9 Å². The van der Waals surface area contributed by atoms with Gasteiger partial charge in [-0.05, 0) is 25.7 Å². The minimum Gasteiger partial charge on any atom is -0.481 e. The maximum absolute atomic E-state index is 11.8. The molecule has 0 saturated carbocycles. The number of hydrogen-bond acceptors (Lipinski definition) is 2. The summed E-state index contributed by atoms with van der Waals surface area (Å²) in [6, 6.07) is 0. The minimum absolute atomic E-state index is 0.0574. The van der Waals surface area contributed by atoms with Crippen LogP contribution in [0.2, 0.25) is 0 Å². The standard InChI is InChI=1S/C13H21NO3/c1-8(2)5-12(15)14-6-10(9(3)4)11(7-14)13(16)17/h5,9-11H,6-7H2,1-4H3,(H,16,17)/t10-,11+/m0/s1. The van der Waals surface area contributed by atoms with Crippen molar-refractivity contribution in [1.82, 2.24) is 4.90 Å². The van der Waals surface area contributed by atoms with Gasteiger partial charge in [-0.3, -0.25) is 9.59 Å². The predicted molar refractivity (Wildman–Crippen MR) is 65.5 cm³/mol. The van der Waals surface area contributed by atoms with E-state index >= 15 is 0 Å². The van der Waals surface area contributed by atoms with Crippen LogP contribution in [0.3, 0.4) is 0 Å². The van der Waals surface area contributed by atoms with Crippen LogP contribution in [0.25, 0.3) is 0 Å². The van der Waals surface area contributed by atoms with Crippen LogP contribution in [-0.2, 0) is 9.59 Å². The van der Waals surface area contributed by atoms with Gasteiger partial charge in [0.2, 0.25) is 5.91 Å². The fourth-order valence-corrected chi connectivity index (χ4v) is 2.28. The molecule has 0 bridgehead atoms. The lowest BCUT2D eigenvalue weighted by Gasteiger charge is -2.18. The van der Waals surface area contributed by atoms with Gasteiger partial charge in [-0.1, -0.05) is 19.4 Å². The summed E-state index contributed by atoms with van der Waals surface area (Å²) in [5.74, 6) is -0.956. The number of hydrogen-bond donors (Lipinski definition) is 1. The van der Waals surface area contributed by atoms with E-state index in [1.54, 1.807) is 11.0 Å². The van der Waals surface area contributed by atoms with E-state index in [0.717, 1.165) is 5.57 Å². The highest BCUT2D eigenvalue weighted by molar-refractivity contribution is 5.89. The molecule has 0 spiro atoms. The number of carboxylic acids is 1. The molecule has 2 atom stereocenters. The number of carbonyl (C=O) groups is 2. The van der Waals surface area contributed by atoms with Crippen LogP contribution < -0.4 is 0 Å². The second-order valence-corrected chi connectivity index (χ2v) is 5.32. The second-order valence-electron chi connectivity index (χ2n) is 5.32. The van der Waals surface area contributed by atoms with Crippen molar-refractivity contribution < 1.29 is 14.7 Å². The summed E-state index contributed by atoms with van der Waals surface area (Å²) in [7, 11) is 0. The van der Waals surface area contributed by atoms with Crippen LogP contribution in [0.4, 0.5) is 0 Å². The molecule has 17 heavy (non-hydrogen) atoms. The van der Waals surface area contributed by atoms with Crippen LogP contribution in [0.15, 0.2) is 11.6 Å². The predicted octanol–water partition coefficient (Wildman–Crippen LogP) is 1.77. The van der Waals surface area contributed by atoms with Crippen LogP contribution in [0.1, 0.15) is 27.7 Å². The van der Waals surface area contributed by atoms with E-state index in [-0.39, 0.29) is 17.7 Å². The first-order chi connectivity index (χ1) is 7.82. The van der Waals surface area contributed by atoms with E-state index in [0.29, 0.717) is 13.1 Å². The highest BCUT2D eigenvalue weighted by atomic mass is 16.4. The third kappa shape index (κ3) is 3.32. The zero-order chi connectivity index (χ0) is 13.2. The van der Waals surface area contributed by atoms with Crippen molar-refractivity contribution in [2.75, 3.05) is 13.1 Å². The molecule has 0 radical (unpaired) electrons. The van der Waals surface area contributed by atoms with Gasteiger partial charge in [0.15, 0.2) is 0 Å². The van der Waals surface area contributed by atoms with Crippen molar-refractivity contribution in [2.24, 2.45) is 17.8 Å². The maximum Gasteiger partial charge on any atom is 0.308 e. The number of aliphatic carboxylic acids is 1. The number of allylic oxidation sites excluding steroid dienone is 1. The summed E-state index contributed by atoms with van der Waals surface area (Å²) < 4.78 is 0. The molecule has 1 fully saturated rings. The van der Waals surface area contributed by atoms with E-state index in [4.69, 9.17) is 5.11 Å². The van der Waals surface area contributed by atoms with Gasteiger partial charge in [0, 0.05) is 19.2 Å². The Morgan fingerprint density at radius 2 is 1.88 bits per heavy atom. The van der Waals surface area contributed by atoms with Crippen molar-refractivity contribution in [2.45, 2.75) is 27.7 Å². The van der Waals surface area contributed by atoms with Crippen molar-refractivity contribution in [3.63, 3.8) is 0 Å². The number of nitrogens with zero attached hydrogens (tertiary/aromatic N) is 1. The number of amides is 1. The third-order valence-corrected chi connectivity index (χ3v) is 3.26. The largest absolute Gasteiger partial charge is 0.481 e.